The fourth-order valence-corrected chi connectivity index (χ4v) is 5.94. The molecule has 0 bridgehead atoms. The number of hydrogen-bond acceptors (Lipinski definition) is 6. The number of halogens is 1. The summed E-state index contributed by atoms with van der Waals surface area (Å²) in [6.45, 7) is 3.39. The van der Waals surface area contributed by atoms with Crippen molar-refractivity contribution in [2.75, 3.05) is 38.5 Å². The number of carbonyl (C=O) groups excluding carboxylic acids is 1. The minimum absolute atomic E-state index is 0.0148. The fraction of sp³-hybridized carbons (Fsp3) is 0.519. The van der Waals surface area contributed by atoms with Crippen LogP contribution in [-0.2, 0) is 22.7 Å². The van der Waals surface area contributed by atoms with Crippen LogP contribution in [0.3, 0.4) is 0 Å². The molecule has 1 aliphatic heterocycles. The van der Waals surface area contributed by atoms with Crippen molar-refractivity contribution in [1.82, 2.24) is 10.2 Å². The van der Waals surface area contributed by atoms with Gasteiger partial charge in [-0.05, 0) is 81.3 Å². The minimum atomic E-state index is -3.11. The molecule has 1 N–H and O–H groups in total. The summed E-state index contributed by atoms with van der Waals surface area (Å²) in [4.78, 5) is 15.5. The Morgan fingerprint density at radius 2 is 1.94 bits per heavy atom. The third-order valence-electron chi connectivity index (χ3n) is 6.65. The lowest BCUT2D eigenvalue weighted by molar-refractivity contribution is 0.0937. The highest BCUT2D eigenvalue weighted by Gasteiger charge is 2.29. The smallest absolute Gasteiger partial charge is 0.251 e. The van der Waals surface area contributed by atoms with E-state index in [-0.39, 0.29) is 23.5 Å². The molecule has 2 aromatic carbocycles. The van der Waals surface area contributed by atoms with Gasteiger partial charge in [-0.1, -0.05) is 18.2 Å². The van der Waals surface area contributed by atoms with Crippen LogP contribution in [-0.4, -0.2) is 75.0 Å². The summed E-state index contributed by atoms with van der Waals surface area (Å²) in [7, 11) is -0.996. The molecule has 9 heteroatoms. The number of benzene rings is 2. The largest absolute Gasteiger partial charge is 0.492 e. The molecule has 0 aromatic heterocycles. The Labute approximate surface area is 218 Å². The lowest BCUT2D eigenvalue weighted by atomic mass is 9.98. The Kier molecular flexibility index (Phi) is 10.2. The van der Waals surface area contributed by atoms with E-state index in [0.29, 0.717) is 48.5 Å². The van der Waals surface area contributed by atoms with Gasteiger partial charge in [-0.2, -0.15) is 11.8 Å². The van der Waals surface area contributed by atoms with Crippen LogP contribution < -0.4 is 10.1 Å². The molecule has 3 atom stereocenters. The number of sulfone groups is 1. The number of likely N-dealkylation sites (N-methyl/N-ethyl adjacent to an activating group) is 1. The van der Waals surface area contributed by atoms with Crippen LogP contribution in [0.5, 0.6) is 5.75 Å². The molecule has 2 aromatic rings. The quantitative estimate of drug-likeness (QED) is 0.442. The number of nitrogens with zero attached hydrogens (tertiary/aromatic N) is 1. The van der Waals surface area contributed by atoms with Crippen LogP contribution in [0.4, 0.5) is 4.39 Å². The molecular weight excluding hydrogens is 499 g/mol. The van der Waals surface area contributed by atoms with Gasteiger partial charge in [0.2, 0.25) is 0 Å². The van der Waals surface area contributed by atoms with E-state index in [0.717, 1.165) is 24.1 Å². The maximum atomic E-state index is 13.3. The summed E-state index contributed by atoms with van der Waals surface area (Å²) in [5.74, 6) is 0.118. The summed E-state index contributed by atoms with van der Waals surface area (Å²) < 4.78 is 42.4. The van der Waals surface area contributed by atoms with Gasteiger partial charge in [0, 0.05) is 35.7 Å². The third-order valence-corrected chi connectivity index (χ3v) is 8.63. The highest BCUT2D eigenvalue weighted by molar-refractivity contribution is 7.99. The standard InChI is InChI=1S/C27H37FN2O4S2/c1-19(13-14-36(4,32)33)29-27(31)26-16-24(34-18-23-15-25(35-3)17-30(23)2)12-9-21(26)8-5-20-6-10-22(28)11-7-20/h6-7,9-12,16,19,23,25H,5,8,13-15,17-18H2,1-4H3,(H,29,31). The van der Waals surface area contributed by atoms with Gasteiger partial charge in [0.15, 0.2) is 0 Å². The lowest BCUT2D eigenvalue weighted by Gasteiger charge is -2.20. The van der Waals surface area contributed by atoms with Crippen molar-refractivity contribution in [2.45, 2.75) is 49.9 Å². The Morgan fingerprint density at radius 3 is 2.58 bits per heavy atom. The third kappa shape index (κ3) is 8.78. The second-order valence-electron chi connectivity index (χ2n) is 9.74. The van der Waals surface area contributed by atoms with Crippen molar-refractivity contribution in [1.29, 1.82) is 0 Å². The molecule has 1 saturated heterocycles. The zero-order chi connectivity index (χ0) is 26.3. The van der Waals surface area contributed by atoms with Crippen LogP contribution in [0, 0.1) is 5.82 Å². The average Bonchev–Trinajstić information content (AvgIpc) is 3.20. The molecular formula is C27H37FN2O4S2. The monoisotopic (exact) mass is 536 g/mol. The molecule has 36 heavy (non-hydrogen) atoms. The fourth-order valence-electron chi connectivity index (χ4n) is 4.36. The van der Waals surface area contributed by atoms with Crippen molar-refractivity contribution in [3.8, 4) is 5.75 Å². The van der Waals surface area contributed by atoms with E-state index in [1.165, 1.54) is 18.4 Å². The van der Waals surface area contributed by atoms with Crippen LogP contribution in [0.25, 0.3) is 0 Å². The van der Waals surface area contributed by atoms with Crippen LogP contribution in [0.1, 0.15) is 41.3 Å². The minimum Gasteiger partial charge on any atom is -0.492 e. The van der Waals surface area contributed by atoms with E-state index in [9.17, 15) is 17.6 Å². The number of ether oxygens (including phenoxy) is 1. The van der Waals surface area contributed by atoms with E-state index in [1.807, 2.05) is 23.9 Å². The molecule has 1 amide bonds. The number of nitrogens with one attached hydrogen (secondary N) is 1. The van der Waals surface area contributed by atoms with E-state index < -0.39 is 9.84 Å². The van der Waals surface area contributed by atoms with Crippen molar-refractivity contribution in [3.05, 3.63) is 65.0 Å². The molecule has 0 spiro atoms. The Balaban J connectivity index is 1.73. The second-order valence-corrected chi connectivity index (χ2v) is 13.1. The summed E-state index contributed by atoms with van der Waals surface area (Å²) in [6.07, 6.45) is 6.00. The summed E-state index contributed by atoms with van der Waals surface area (Å²) in [5.41, 5.74) is 2.36. The highest BCUT2D eigenvalue weighted by atomic mass is 32.2. The topological polar surface area (TPSA) is 75.7 Å². The predicted molar refractivity (Wildman–Crippen MR) is 145 cm³/mol. The maximum Gasteiger partial charge on any atom is 0.251 e. The van der Waals surface area contributed by atoms with Crippen LogP contribution in [0.2, 0.25) is 0 Å². The van der Waals surface area contributed by atoms with E-state index in [2.05, 4.69) is 23.5 Å². The molecule has 198 valence electrons. The van der Waals surface area contributed by atoms with Gasteiger partial charge in [0.1, 0.15) is 28.0 Å². The molecule has 1 heterocycles. The van der Waals surface area contributed by atoms with Crippen molar-refractivity contribution >= 4 is 27.5 Å². The molecule has 0 saturated carbocycles. The molecule has 3 rings (SSSR count). The van der Waals surface area contributed by atoms with Gasteiger partial charge in [-0.15, -0.1) is 0 Å². The molecule has 1 fully saturated rings. The van der Waals surface area contributed by atoms with Gasteiger partial charge < -0.3 is 10.1 Å². The summed E-state index contributed by atoms with van der Waals surface area (Å²) in [5, 5.41) is 3.54. The van der Waals surface area contributed by atoms with Crippen LogP contribution in [0.15, 0.2) is 42.5 Å². The number of likely N-dealkylation sites (tertiary alicyclic amines) is 1. The van der Waals surface area contributed by atoms with E-state index >= 15 is 0 Å². The Bertz CT molecular complexity index is 1130. The molecule has 0 radical (unpaired) electrons. The SMILES string of the molecule is CSC1CC(COc2ccc(CCc3ccc(F)cc3)c(C(=O)NC(C)CCS(C)(=O)=O)c2)N(C)C1. The first-order valence-corrected chi connectivity index (χ1v) is 15.6. The number of carbonyl (C=O) groups is 1. The number of thioether (sulfide) groups is 1. The molecule has 1 aliphatic rings. The molecule has 6 nitrogen and oxygen atoms in total. The van der Waals surface area contributed by atoms with Crippen molar-refractivity contribution < 1.29 is 22.3 Å². The number of amides is 1. The van der Waals surface area contributed by atoms with Crippen molar-refractivity contribution in [3.63, 3.8) is 0 Å². The number of hydrogen-bond donors (Lipinski definition) is 1. The van der Waals surface area contributed by atoms with E-state index in [1.54, 1.807) is 25.1 Å². The normalized spacial score (nSPS) is 19.2. The Hall–Kier alpha value is -2.10. The van der Waals surface area contributed by atoms with Crippen LogP contribution >= 0.6 is 11.8 Å². The lowest BCUT2D eigenvalue weighted by Crippen LogP contribution is -2.34. The number of aryl methyl sites for hydroxylation is 2. The van der Waals surface area contributed by atoms with Gasteiger partial charge in [0.25, 0.3) is 5.91 Å². The van der Waals surface area contributed by atoms with Gasteiger partial charge in [-0.3, -0.25) is 9.69 Å². The zero-order valence-corrected chi connectivity index (χ0v) is 23.1. The molecule has 0 aliphatic carbocycles. The summed E-state index contributed by atoms with van der Waals surface area (Å²) >= 11 is 1.88. The predicted octanol–water partition coefficient (Wildman–Crippen LogP) is 3.98. The van der Waals surface area contributed by atoms with Gasteiger partial charge in [0.05, 0.1) is 5.75 Å². The first-order chi connectivity index (χ1) is 17.0. The summed E-state index contributed by atoms with van der Waals surface area (Å²) in [6, 6.07) is 12.0. The van der Waals surface area contributed by atoms with Gasteiger partial charge >= 0.3 is 0 Å². The maximum absolute atomic E-state index is 13.3. The zero-order valence-electron chi connectivity index (χ0n) is 21.5. The Morgan fingerprint density at radius 1 is 1.22 bits per heavy atom. The number of rotatable bonds is 12. The first-order valence-electron chi connectivity index (χ1n) is 12.3. The van der Waals surface area contributed by atoms with Gasteiger partial charge in [-0.25, -0.2) is 12.8 Å². The first kappa shape index (κ1) is 28.5. The molecule has 3 unspecified atom stereocenters. The average molecular weight is 537 g/mol. The highest BCUT2D eigenvalue weighted by Crippen LogP contribution is 2.26. The van der Waals surface area contributed by atoms with E-state index in [4.69, 9.17) is 4.74 Å². The van der Waals surface area contributed by atoms with Crippen molar-refractivity contribution in [2.24, 2.45) is 0 Å². The second kappa shape index (κ2) is 12.9.